The summed E-state index contributed by atoms with van der Waals surface area (Å²) < 4.78 is 6.18. The van der Waals surface area contributed by atoms with Gasteiger partial charge in [-0.25, -0.2) is 0 Å². The Labute approximate surface area is 243 Å². The average Bonchev–Trinajstić information content (AvgIpc) is 2.92. The van der Waals surface area contributed by atoms with E-state index in [1.165, 1.54) is 0 Å². The lowest BCUT2D eigenvalue weighted by atomic mass is 9.76. The summed E-state index contributed by atoms with van der Waals surface area (Å²) in [5.74, 6) is -2.34. The van der Waals surface area contributed by atoms with E-state index in [0.29, 0.717) is 25.2 Å². The molecule has 0 aliphatic carbocycles. The number of carboxylic acids is 1. The molecule has 1 heterocycles. The molecule has 0 bridgehead atoms. The predicted octanol–water partition coefficient (Wildman–Crippen LogP) is 5.37. The molecule has 0 spiro atoms. The maximum Gasteiger partial charge on any atom is 0.308 e. The standard InChI is InChI=1S/C33H58O7/c1-10-13-19(2)18-22(5)29(35)20(3)14-11-12-15-27(34)23(6)30(36)25(8)31(37)26(9)32-21(4)16-17-28(40-32)24(7)33(38)39/h10-11,14,18-21,23-32,34-37H,1,12-13,15-17H2,2-9H3,(H,38,39)/b14-11+,22-18+/t19-,20-,21+,23?,24?,25+,26+,27?,28+,29-,30+,31?,32+/m1/s1. The summed E-state index contributed by atoms with van der Waals surface area (Å²) in [6.07, 6.45) is 7.49. The summed E-state index contributed by atoms with van der Waals surface area (Å²) in [7, 11) is 0. The van der Waals surface area contributed by atoms with Gasteiger partial charge in [0.15, 0.2) is 0 Å². The zero-order valence-corrected chi connectivity index (χ0v) is 26.1. The van der Waals surface area contributed by atoms with E-state index in [4.69, 9.17) is 4.74 Å². The third-order valence-corrected chi connectivity index (χ3v) is 9.15. The molecule has 232 valence electrons. The number of rotatable bonds is 17. The van der Waals surface area contributed by atoms with Crippen molar-refractivity contribution in [2.45, 2.75) is 124 Å². The van der Waals surface area contributed by atoms with Crippen molar-refractivity contribution in [1.82, 2.24) is 0 Å². The van der Waals surface area contributed by atoms with Crippen LogP contribution in [-0.4, -0.2) is 68.1 Å². The molecule has 0 amide bonds. The molecule has 5 N–H and O–H groups in total. The van der Waals surface area contributed by atoms with Crippen LogP contribution in [0.25, 0.3) is 0 Å². The van der Waals surface area contributed by atoms with Crippen molar-refractivity contribution in [3.05, 3.63) is 36.5 Å². The smallest absolute Gasteiger partial charge is 0.308 e. The SMILES string of the molecule is C=CC[C@@H](C)/C=C(\C)[C@H](O)[C@H](C)/C=C/CCC(O)C(C)[C@H](O)[C@H](C)C(O)[C@H](C)[C@H]1O[C@H](C(C)C(=O)O)CC[C@@H]1C. The second-order valence-electron chi connectivity index (χ2n) is 12.7. The van der Waals surface area contributed by atoms with Crippen LogP contribution in [0.5, 0.6) is 0 Å². The highest BCUT2D eigenvalue weighted by Gasteiger charge is 2.41. The van der Waals surface area contributed by atoms with Crippen molar-refractivity contribution >= 4 is 5.97 Å². The first-order chi connectivity index (χ1) is 18.6. The Hall–Kier alpha value is -1.51. The number of carbonyl (C=O) groups is 1. The molecular formula is C33H58O7. The molecule has 40 heavy (non-hydrogen) atoms. The van der Waals surface area contributed by atoms with Gasteiger partial charge < -0.3 is 30.3 Å². The fourth-order valence-electron chi connectivity index (χ4n) is 5.99. The molecule has 1 aliphatic heterocycles. The highest BCUT2D eigenvalue weighted by molar-refractivity contribution is 5.70. The van der Waals surface area contributed by atoms with Crippen LogP contribution in [0.2, 0.25) is 0 Å². The summed E-state index contributed by atoms with van der Waals surface area (Å²) in [5, 5.41) is 53.0. The number of aliphatic carboxylic acids is 1. The molecule has 0 aromatic carbocycles. The Balaban J connectivity index is 2.66. The van der Waals surface area contributed by atoms with Crippen molar-refractivity contribution in [3.63, 3.8) is 0 Å². The van der Waals surface area contributed by atoms with Gasteiger partial charge in [0.05, 0.1) is 42.5 Å². The minimum absolute atomic E-state index is 0.0634. The molecule has 0 aromatic rings. The minimum atomic E-state index is -0.921. The van der Waals surface area contributed by atoms with Gasteiger partial charge in [0.1, 0.15) is 0 Å². The molecule has 7 heteroatoms. The van der Waals surface area contributed by atoms with Gasteiger partial charge in [-0.1, -0.05) is 65.8 Å². The number of aliphatic hydroxyl groups is 4. The second kappa shape index (κ2) is 17.4. The largest absolute Gasteiger partial charge is 0.481 e. The van der Waals surface area contributed by atoms with E-state index in [2.05, 4.69) is 26.5 Å². The first-order valence-electron chi connectivity index (χ1n) is 15.2. The second-order valence-corrected chi connectivity index (χ2v) is 12.7. The highest BCUT2D eigenvalue weighted by Crippen LogP contribution is 2.36. The van der Waals surface area contributed by atoms with E-state index in [9.17, 15) is 30.3 Å². The van der Waals surface area contributed by atoms with Gasteiger partial charge in [0.25, 0.3) is 0 Å². The quantitative estimate of drug-likeness (QED) is 0.150. The van der Waals surface area contributed by atoms with E-state index < -0.39 is 54.2 Å². The fourth-order valence-corrected chi connectivity index (χ4v) is 5.99. The minimum Gasteiger partial charge on any atom is -0.481 e. The number of carboxylic acid groups (broad SMARTS) is 1. The van der Waals surface area contributed by atoms with Crippen molar-refractivity contribution in [2.24, 2.45) is 41.4 Å². The lowest BCUT2D eigenvalue weighted by molar-refractivity contribution is -0.169. The van der Waals surface area contributed by atoms with Crippen LogP contribution in [0, 0.1) is 41.4 Å². The molecule has 0 radical (unpaired) electrons. The highest BCUT2D eigenvalue weighted by atomic mass is 16.5. The maximum absolute atomic E-state index is 11.5. The first kappa shape index (κ1) is 36.5. The lowest BCUT2D eigenvalue weighted by Crippen LogP contribution is -2.49. The molecule has 1 aliphatic rings. The number of ether oxygens (including phenoxy) is 1. The van der Waals surface area contributed by atoms with Crippen molar-refractivity contribution in [3.8, 4) is 0 Å². The molecule has 13 atom stereocenters. The molecule has 7 nitrogen and oxygen atoms in total. The van der Waals surface area contributed by atoms with Crippen LogP contribution < -0.4 is 0 Å². The number of hydrogen-bond donors (Lipinski definition) is 5. The summed E-state index contributed by atoms with van der Waals surface area (Å²) in [6.45, 7) is 18.9. The molecular weight excluding hydrogens is 508 g/mol. The fraction of sp³-hybridized carbons (Fsp3) is 0.788. The Kier molecular flexibility index (Phi) is 15.9. The normalized spacial score (nSPS) is 28.1. The Morgan fingerprint density at radius 3 is 2.20 bits per heavy atom. The van der Waals surface area contributed by atoms with E-state index in [0.717, 1.165) is 18.4 Å². The monoisotopic (exact) mass is 566 g/mol. The average molecular weight is 567 g/mol. The summed E-state index contributed by atoms with van der Waals surface area (Å²) in [6, 6.07) is 0. The molecule has 1 rings (SSSR count). The van der Waals surface area contributed by atoms with Gasteiger partial charge in [-0.15, -0.1) is 6.58 Å². The first-order valence-corrected chi connectivity index (χ1v) is 15.2. The van der Waals surface area contributed by atoms with Gasteiger partial charge in [0, 0.05) is 23.7 Å². The van der Waals surface area contributed by atoms with Crippen molar-refractivity contribution in [1.29, 1.82) is 0 Å². The molecule has 1 saturated heterocycles. The van der Waals surface area contributed by atoms with Gasteiger partial charge in [0.2, 0.25) is 0 Å². The summed E-state index contributed by atoms with van der Waals surface area (Å²) >= 11 is 0. The van der Waals surface area contributed by atoms with Crippen LogP contribution >= 0.6 is 0 Å². The molecule has 4 unspecified atom stereocenters. The number of allylic oxidation sites excluding steroid dienone is 3. The molecule has 1 fully saturated rings. The van der Waals surface area contributed by atoms with E-state index >= 15 is 0 Å². The lowest BCUT2D eigenvalue weighted by Gasteiger charge is -2.43. The maximum atomic E-state index is 11.5. The Morgan fingerprint density at radius 1 is 1.00 bits per heavy atom. The van der Waals surface area contributed by atoms with Crippen LogP contribution in [-0.2, 0) is 9.53 Å². The zero-order chi connectivity index (χ0) is 30.7. The Bertz CT molecular complexity index is 824. The van der Waals surface area contributed by atoms with E-state index in [1.807, 2.05) is 39.0 Å². The van der Waals surface area contributed by atoms with Crippen LogP contribution in [0.15, 0.2) is 36.5 Å². The number of aliphatic hydroxyl groups excluding tert-OH is 4. The van der Waals surface area contributed by atoms with E-state index in [1.54, 1.807) is 20.8 Å². The predicted molar refractivity (Wildman–Crippen MR) is 161 cm³/mol. The third-order valence-electron chi connectivity index (χ3n) is 9.15. The van der Waals surface area contributed by atoms with Crippen molar-refractivity contribution in [2.75, 3.05) is 0 Å². The van der Waals surface area contributed by atoms with E-state index in [-0.39, 0.29) is 23.9 Å². The van der Waals surface area contributed by atoms with Gasteiger partial charge in [-0.05, 0) is 63.4 Å². The Morgan fingerprint density at radius 2 is 1.62 bits per heavy atom. The summed E-state index contributed by atoms with van der Waals surface area (Å²) in [4.78, 5) is 11.5. The van der Waals surface area contributed by atoms with Crippen LogP contribution in [0.3, 0.4) is 0 Å². The van der Waals surface area contributed by atoms with Gasteiger partial charge >= 0.3 is 5.97 Å². The van der Waals surface area contributed by atoms with Gasteiger partial charge in [-0.2, -0.15) is 0 Å². The molecule has 0 saturated carbocycles. The zero-order valence-electron chi connectivity index (χ0n) is 26.1. The summed E-state index contributed by atoms with van der Waals surface area (Å²) in [5.41, 5.74) is 0.935. The topological polar surface area (TPSA) is 127 Å². The van der Waals surface area contributed by atoms with Crippen LogP contribution in [0.4, 0.5) is 0 Å². The molecule has 0 aromatic heterocycles. The van der Waals surface area contributed by atoms with Crippen molar-refractivity contribution < 1.29 is 35.1 Å². The van der Waals surface area contributed by atoms with Gasteiger partial charge in [-0.3, -0.25) is 4.79 Å². The third kappa shape index (κ3) is 10.7. The number of hydrogen-bond acceptors (Lipinski definition) is 6. The van der Waals surface area contributed by atoms with Crippen LogP contribution in [0.1, 0.15) is 87.5 Å².